The van der Waals surface area contributed by atoms with E-state index in [4.69, 9.17) is 9.47 Å². The third-order valence-electron chi connectivity index (χ3n) is 5.10. The Bertz CT molecular complexity index is 1250. The van der Waals surface area contributed by atoms with E-state index >= 15 is 0 Å². The summed E-state index contributed by atoms with van der Waals surface area (Å²) in [5.41, 5.74) is 3.22. The first kappa shape index (κ1) is 18.8. The van der Waals surface area contributed by atoms with Crippen molar-refractivity contribution in [1.29, 1.82) is 0 Å². The summed E-state index contributed by atoms with van der Waals surface area (Å²) in [6, 6.07) is 15.2. The van der Waals surface area contributed by atoms with Gasteiger partial charge in [0, 0.05) is 28.5 Å². The molecule has 2 heterocycles. The fourth-order valence-electron chi connectivity index (χ4n) is 3.80. The molecule has 0 amide bonds. The summed E-state index contributed by atoms with van der Waals surface area (Å²) in [5.74, 6) is 1.39. The molecule has 0 aliphatic rings. The van der Waals surface area contributed by atoms with E-state index in [9.17, 15) is 4.79 Å². The summed E-state index contributed by atoms with van der Waals surface area (Å²) >= 11 is 0. The van der Waals surface area contributed by atoms with E-state index in [-0.39, 0.29) is 5.56 Å². The quantitative estimate of drug-likeness (QED) is 0.513. The molecule has 0 unspecified atom stereocenters. The van der Waals surface area contributed by atoms with Crippen molar-refractivity contribution in [2.45, 2.75) is 20.8 Å². The number of aryl methyl sites for hydroxylation is 2. The van der Waals surface area contributed by atoms with Gasteiger partial charge in [-0.2, -0.15) is 9.78 Å². The van der Waals surface area contributed by atoms with E-state index in [1.54, 1.807) is 13.3 Å². The predicted octanol–water partition coefficient (Wildman–Crippen LogP) is 4.20. The Morgan fingerprint density at radius 2 is 1.83 bits per heavy atom. The molecule has 0 radical (unpaired) electrons. The number of hydrogen-bond acceptors (Lipinski definition) is 4. The van der Waals surface area contributed by atoms with Gasteiger partial charge in [-0.25, -0.2) is 0 Å². The summed E-state index contributed by atoms with van der Waals surface area (Å²) in [4.78, 5) is 13.4. The molecule has 0 aliphatic heterocycles. The van der Waals surface area contributed by atoms with Crippen molar-refractivity contribution in [3.63, 3.8) is 0 Å². The van der Waals surface area contributed by atoms with Gasteiger partial charge in [0.1, 0.15) is 17.2 Å². The second-order valence-corrected chi connectivity index (χ2v) is 6.76. The molecule has 0 bridgehead atoms. The van der Waals surface area contributed by atoms with Crippen LogP contribution in [0.2, 0.25) is 0 Å². The van der Waals surface area contributed by atoms with E-state index in [1.807, 2.05) is 69.3 Å². The average Bonchev–Trinajstić information content (AvgIpc) is 2.99. The molecule has 0 saturated heterocycles. The van der Waals surface area contributed by atoms with Crippen molar-refractivity contribution >= 4 is 10.8 Å². The first-order chi connectivity index (χ1) is 14.1. The minimum absolute atomic E-state index is 0.174. The largest absolute Gasteiger partial charge is 0.494 e. The van der Waals surface area contributed by atoms with Gasteiger partial charge in [-0.15, -0.1) is 0 Å². The van der Waals surface area contributed by atoms with Gasteiger partial charge >= 0.3 is 0 Å². The molecule has 0 spiro atoms. The fourth-order valence-corrected chi connectivity index (χ4v) is 3.80. The Hall–Kier alpha value is -3.54. The monoisotopic (exact) mass is 389 g/mol. The summed E-state index contributed by atoms with van der Waals surface area (Å²) in [7, 11) is 1.58. The summed E-state index contributed by atoms with van der Waals surface area (Å²) in [6.07, 6.45) is 1.74. The molecule has 6 heteroatoms. The van der Waals surface area contributed by atoms with Crippen LogP contribution in [0.3, 0.4) is 0 Å². The van der Waals surface area contributed by atoms with E-state index in [2.05, 4.69) is 9.67 Å². The number of para-hydroxylation sites is 2. The van der Waals surface area contributed by atoms with E-state index < -0.39 is 0 Å². The molecular formula is C23H23N3O3. The molecule has 29 heavy (non-hydrogen) atoms. The second-order valence-electron chi connectivity index (χ2n) is 6.76. The molecule has 0 saturated carbocycles. The molecule has 0 atom stereocenters. The Labute approximate surface area is 168 Å². The maximum Gasteiger partial charge on any atom is 0.281 e. The molecule has 0 aliphatic carbocycles. The molecule has 0 fully saturated rings. The molecule has 148 valence electrons. The van der Waals surface area contributed by atoms with Crippen molar-refractivity contribution in [2.75, 3.05) is 13.7 Å². The number of rotatable bonds is 5. The van der Waals surface area contributed by atoms with Crippen molar-refractivity contribution < 1.29 is 9.47 Å². The number of benzene rings is 2. The van der Waals surface area contributed by atoms with Crippen LogP contribution in [0.1, 0.15) is 18.3 Å². The van der Waals surface area contributed by atoms with Gasteiger partial charge in [-0.3, -0.25) is 4.79 Å². The van der Waals surface area contributed by atoms with Crippen LogP contribution in [0, 0.1) is 13.8 Å². The Kier molecular flexibility index (Phi) is 4.84. The third kappa shape index (κ3) is 3.06. The Morgan fingerprint density at radius 1 is 1.03 bits per heavy atom. The second kappa shape index (κ2) is 7.47. The van der Waals surface area contributed by atoms with Crippen LogP contribution in [-0.4, -0.2) is 28.1 Å². The number of methoxy groups -OCH3 is 1. The fraction of sp³-hybridized carbons (Fsp3) is 0.217. The highest BCUT2D eigenvalue weighted by Gasteiger charge is 2.19. The number of hydrogen-bond donors (Lipinski definition) is 0. The molecule has 2 aromatic heterocycles. The zero-order valence-electron chi connectivity index (χ0n) is 17.0. The minimum Gasteiger partial charge on any atom is -0.494 e. The van der Waals surface area contributed by atoms with E-state index in [0.717, 1.165) is 28.2 Å². The van der Waals surface area contributed by atoms with Crippen LogP contribution in [0.15, 0.2) is 59.5 Å². The summed E-state index contributed by atoms with van der Waals surface area (Å²) < 4.78 is 14.5. The van der Waals surface area contributed by atoms with Crippen molar-refractivity contribution in [3.8, 4) is 22.9 Å². The van der Waals surface area contributed by atoms with Gasteiger partial charge in [-0.05, 0) is 45.0 Å². The highest BCUT2D eigenvalue weighted by atomic mass is 16.5. The standard InChI is InChI=1S/C23H23N3O3/c1-5-29-18-10-8-9-17(13-18)25-15(2)19-14-24-26(23(27)22(19)16(25)3)20-11-6-7-12-21(20)28-4/h6-14H,5H2,1-4H3. The number of ether oxygens (including phenoxy) is 2. The van der Waals surface area contributed by atoms with Crippen molar-refractivity contribution in [2.24, 2.45) is 0 Å². The molecular weight excluding hydrogens is 366 g/mol. The van der Waals surface area contributed by atoms with Crippen LogP contribution in [0.5, 0.6) is 11.5 Å². The Morgan fingerprint density at radius 3 is 2.59 bits per heavy atom. The molecule has 2 aromatic carbocycles. The van der Waals surface area contributed by atoms with Crippen LogP contribution in [0.25, 0.3) is 22.1 Å². The first-order valence-electron chi connectivity index (χ1n) is 9.53. The van der Waals surface area contributed by atoms with Crippen molar-refractivity contribution in [1.82, 2.24) is 14.3 Å². The van der Waals surface area contributed by atoms with Crippen LogP contribution < -0.4 is 15.0 Å². The van der Waals surface area contributed by atoms with Gasteiger partial charge in [0.15, 0.2) is 0 Å². The number of aromatic nitrogens is 3. The van der Waals surface area contributed by atoms with Gasteiger partial charge in [-0.1, -0.05) is 18.2 Å². The molecule has 6 nitrogen and oxygen atoms in total. The lowest BCUT2D eigenvalue weighted by Gasteiger charge is -2.11. The number of fused-ring (bicyclic) bond motifs is 1. The minimum atomic E-state index is -0.174. The lowest BCUT2D eigenvalue weighted by molar-refractivity contribution is 0.340. The lowest BCUT2D eigenvalue weighted by atomic mass is 10.2. The van der Waals surface area contributed by atoms with Crippen molar-refractivity contribution in [3.05, 3.63) is 76.5 Å². The number of nitrogens with zero attached hydrogens (tertiary/aromatic N) is 3. The van der Waals surface area contributed by atoms with Crippen LogP contribution >= 0.6 is 0 Å². The average molecular weight is 389 g/mol. The topological polar surface area (TPSA) is 58.3 Å². The van der Waals surface area contributed by atoms with Gasteiger partial charge in [0.2, 0.25) is 0 Å². The molecule has 4 rings (SSSR count). The van der Waals surface area contributed by atoms with E-state index in [1.165, 1.54) is 4.68 Å². The van der Waals surface area contributed by atoms with Gasteiger partial charge in [0.25, 0.3) is 5.56 Å². The maximum atomic E-state index is 13.4. The van der Waals surface area contributed by atoms with Crippen LogP contribution in [0.4, 0.5) is 0 Å². The SMILES string of the molecule is CCOc1cccc(-n2c(C)c3cnn(-c4ccccc4OC)c(=O)c3c2C)c1. The first-order valence-corrected chi connectivity index (χ1v) is 9.53. The highest BCUT2D eigenvalue weighted by molar-refractivity contribution is 5.88. The van der Waals surface area contributed by atoms with Gasteiger partial charge < -0.3 is 14.0 Å². The predicted molar refractivity (Wildman–Crippen MR) is 114 cm³/mol. The normalized spacial score (nSPS) is 11.0. The summed E-state index contributed by atoms with van der Waals surface area (Å²) in [5, 5.41) is 5.90. The molecule has 0 N–H and O–H groups in total. The summed E-state index contributed by atoms with van der Waals surface area (Å²) in [6.45, 7) is 6.51. The highest BCUT2D eigenvalue weighted by Crippen LogP contribution is 2.28. The van der Waals surface area contributed by atoms with Crippen LogP contribution in [-0.2, 0) is 0 Å². The van der Waals surface area contributed by atoms with Gasteiger partial charge in [0.05, 0.1) is 25.3 Å². The van der Waals surface area contributed by atoms with E-state index in [0.29, 0.717) is 23.4 Å². The maximum absolute atomic E-state index is 13.4. The lowest BCUT2D eigenvalue weighted by Crippen LogP contribution is -2.21. The smallest absolute Gasteiger partial charge is 0.281 e. The zero-order valence-corrected chi connectivity index (χ0v) is 17.0. The zero-order chi connectivity index (χ0) is 20.5. The third-order valence-corrected chi connectivity index (χ3v) is 5.10. The molecule has 4 aromatic rings. The Balaban J connectivity index is 1.96.